The summed E-state index contributed by atoms with van der Waals surface area (Å²) < 4.78 is 0. The van der Waals surface area contributed by atoms with Crippen LogP contribution in [0.1, 0.15) is 71.2 Å². The Hall–Kier alpha value is -6.38. The van der Waals surface area contributed by atoms with Gasteiger partial charge < -0.3 is 10.8 Å². The molecule has 9 aliphatic carbocycles. The Kier molecular flexibility index (Phi) is 5.89. The van der Waals surface area contributed by atoms with E-state index >= 15 is 0 Å². The van der Waals surface area contributed by atoms with Gasteiger partial charge in [0.25, 0.3) is 0 Å². The number of allylic oxidation sites excluding steroid dienone is 24. The number of fused-ring (bicyclic) bond motifs is 12. The fraction of sp³-hybridized carbons (Fsp3) is 0.148. The zero-order chi connectivity index (χ0) is 37.1. The van der Waals surface area contributed by atoms with E-state index in [1.54, 1.807) is 12.4 Å². The molecule has 9 aliphatic rings. The molecular formula is C54H38N2. The molecule has 0 radical (unpaired) electrons. The highest BCUT2D eigenvalue weighted by molar-refractivity contribution is 6.32. The second kappa shape index (κ2) is 10.7. The van der Waals surface area contributed by atoms with E-state index in [2.05, 4.69) is 135 Å². The van der Waals surface area contributed by atoms with Crippen molar-refractivity contribution in [1.82, 2.24) is 0 Å². The van der Waals surface area contributed by atoms with E-state index in [-0.39, 0.29) is 11.8 Å². The minimum absolute atomic E-state index is 0.151. The standard InChI is InChI=1S/C54H38N2/c1-3-27(25-55)45-44-24-43-32-13-8-7-12-31(32)33-14-9-15-40(47(33)43)52(44)46(28(4-2)26-56)54-42-23-21-39-37-19-17-35-30-11-6-5-10-29(30)34-16-18-36(49(37)48(34)35)38-20-22-41(53(45)54)51(42)50(38)39/h3-7,9-12,14-26,48-51,55-56H,8,13H2,1-2H3. The van der Waals surface area contributed by atoms with E-state index in [1.165, 1.54) is 111 Å². The van der Waals surface area contributed by atoms with Crippen LogP contribution in [0.2, 0.25) is 0 Å². The van der Waals surface area contributed by atoms with Gasteiger partial charge in [-0.1, -0.05) is 115 Å². The summed E-state index contributed by atoms with van der Waals surface area (Å²) in [4.78, 5) is 0. The second-order valence-corrected chi connectivity index (χ2v) is 16.6. The summed E-state index contributed by atoms with van der Waals surface area (Å²) in [7, 11) is 0. The summed E-state index contributed by atoms with van der Waals surface area (Å²) in [5.74, 6) is 1.03. The molecule has 13 rings (SSSR count). The molecule has 0 spiro atoms. The summed E-state index contributed by atoms with van der Waals surface area (Å²) in [5.41, 5.74) is 26.4. The Bertz CT molecular complexity index is 3120. The van der Waals surface area contributed by atoms with Gasteiger partial charge in [0.1, 0.15) is 0 Å². The lowest BCUT2D eigenvalue weighted by molar-refractivity contribution is 0.525. The third kappa shape index (κ3) is 3.43. The fourth-order valence-electron chi connectivity index (χ4n) is 12.6. The lowest BCUT2D eigenvalue weighted by Crippen LogP contribution is -2.37. The molecule has 0 aliphatic heterocycles. The molecule has 1 fully saturated rings. The van der Waals surface area contributed by atoms with E-state index < -0.39 is 0 Å². The normalized spacial score (nSPS) is 25.2. The maximum Gasteiger partial charge on any atom is 0.0253 e. The zero-order valence-corrected chi connectivity index (χ0v) is 31.4. The van der Waals surface area contributed by atoms with Gasteiger partial charge in [-0.25, -0.2) is 0 Å². The summed E-state index contributed by atoms with van der Waals surface area (Å²) in [5, 5.41) is 22.7. The van der Waals surface area contributed by atoms with Gasteiger partial charge in [-0.2, -0.15) is 0 Å². The Morgan fingerprint density at radius 2 is 1.05 bits per heavy atom. The van der Waals surface area contributed by atoms with Crippen molar-refractivity contribution in [2.75, 3.05) is 0 Å². The van der Waals surface area contributed by atoms with Crippen LogP contribution < -0.4 is 0 Å². The molecule has 1 saturated carbocycles. The molecular weight excluding hydrogens is 677 g/mol. The molecule has 2 nitrogen and oxygen atoms in total. The molecule has 0 bridgehead atoms. The number of benzene rings is 4. The third-order valence-electron chi connectivity index (χ3n) is 14.6. The second-order valence-electron chi connectivity index (χ2n) is 16.6. The van der Waals surface area contributed by atoms with E-state index in [1.807, 2.05) is 0 Å². The molecule has 0 heterocycles. The van der Waals surface area contributed by atoms with E-state index in [0.717, 1.165) is 35.1 Å². The SMILES string of the molecule is CC=C(C=N)c1c2c(c(C(C=N)=CC)c3c1cc1c4c(cccc43)C3=C1CCC=C3)C1=CC=C3C4=CC=C5c6ccccc6C6=CC=C(C7=CC=C2C1C73)C4C65. The molecule has 56 heavy (non-hydrogen) atoms. The highest BCUT2D eigenvalue weighted by Gasteiger charge is 2.54. The first kappa shape index (κ1) is 30.9. The first-order chi connectivity index (χ1) is 27.7. The van der Waals surface area contributed by atoms with Gasteiger partial charge in [0.15, 0.2) is 0 Å². The van der Waals surface area contributed by atoms with Crippen LogP contribution in [0.25, 0.3) is 66.1 Å². The van der Waals surface area contributed by atoms with Crippen molar-refractivity contribution in [3.05, 3.63) is 188 Å². The van der Waals surface area contributed by atoms with Crippen LogP contribution >= 0.6 is 0 Å². The molecule has 4 unspecified atom stereocenters. The smallest absolute Gasteiger partial charge is 0.0253 e. The molecule has 4 aromatic rings. The monoisotopic (exact) mass is 714 g/mol. The van der Waals surface area contributed by atoms with Crippen molar-refractivity contribution in [3.8, 4) is 0 Å². The van der Waals surface area contributed by atoms with Crippen molar-refractivity contribution >= 4 is 78.6 Å². The molecule has 4 aromatic carbocycles. The molecule has 2 heteroatoms. The Morgan fingerprint density at radius 3 is 1.66 bits per heavy atom. The zero-order valence-electron chi connectivity index (χ0n) is 31.4. The minimum atomic E-state index is 0.151. The van der Waals surface area contributed by atoms with Gasteiger partial charge >= 0.3 is 0 Å². The van der Waals surface area contributed by atoms with E-state index in [4.69, 9.17) is 10.8 Å². The number of hydrogen-bond acceptors (Lipinski definition) is 2. The molecule has 0 aromatic heterocycles. The predicted molar refractivity (Wildman–Crippen MR) is 236 cm³/mol. The Morgan fingerprint density at radius 1 is 0.536 bits per heavy atom. The van der Waals surface area contributed by atoms with Crippen LogP contribution in [0, 0.1) is 34.5 Å². The minimum Gasteiger partial charge on any atom is -0.308 e. The van der Waals surface area contributed by atoms with Gasteiger partial charge in [-0.3, -0.25) is 0 Å². The van der Waals surface area contributed by atoms with Crippen molar-refractivity contribution in [2.24, 2.45) is 23.7 Å². The molecule has 264 valence electrons. The van der Waals surface area contributed by atoms with Crippen LogP contribution in [0.15, 0.2) is 144 Å². The summed E-state index contributed by atoms with van der Waals surface area (Å²) in [6, 6.07) is 18.3. The predicted octanol–water partition coefficient (Wildman–Crippen LogP) is 13.2. The third-order valence-corrected chi connectivity index (χ3v) is 14.6. The lowest BCUT2D eigenvalue weighted by Gasteiger charge is -2.48. The largest absolute Gasteiger partial charge is 0.308 e. The number of hydrogen-bond donors (Lipinski definition) is 2. The molecule has 2 N–H and O–H groups in total. The first-order valence-electron chi connectivity index (χ1n) is 20.3. The average molecular weight is 715 g/mol. The maximum atomic E-state index is 8.89. The summed E-state index contributed by atoms with van der Waals surface area (Å²) in [6.45, 7) is 4.16. The van der Waals surface area contributed by atoms with Crippen LogP contribution in [0.3, 0.4) is 0 Å². The Balaban J connectivity index is 1.15. The molecule has 4 atom stereocenters. The topological polar surface area (TPSA) is 47.7 Å². The van der Waals surface area contributed by atoms with E-state index in [9.17, 15) is 0 Å². The quantitative estimate of drug-likeness (QED) is 0.156. The molecule has 0 amide bonds. The van der Waals surface area contributed by atoms with Crippen molar-refractivity contribution in [2.45, 2.75) is 26.7 Å². The van der Waals surface area contributed by atoms with Crippen LogP contribution in [-0.4, -0.2) is 12.4 Å². The van der Waals surface area contributed by atoms with E-state index in [0.29, 0.717) is 11.8 Å². The van der Waals surface area contributed by atoms with Crippen molar-refractivity contribution in [1.29, 1.82) is 10.8 Å². The fourth-order valence-corrected chi connectivity index (χ4v) is 12.6. The lowest BCUT2D eigenvalue weighted by atomic mass is 9.54. The van der Waals surface area contributed by atoms with Gasteiger partial charge in [-0.15, -0.1) is 0 Å². The van der Waals surface area contributed by atoms with Gasteiger partial charge in [-0.05, 0) is 166 Å². The van der Waals surface area contributed by atoms with Crippen molar-refractivity contribution in [3.63, 3.8) is 0 Å². The van der Waals surface area contributed by atoms with Crippen molar-refractivity contribution < 1.29 is 0 Å². The number of nitrogens with one attached hydrogen (secondary N) is 2. The highest BCUT2D eigenvalue weighted by atomic mass is 14.6. The maximum absolute atomic E-state index is 8.89. The van der Waals surface area contributed by atoms with Gasteiger partial charge in [0, 0.05) is 36.1 Å². The summed E-state index contributed by atoms with van der Waals surface area (Å²) in [6.07, 6.45) is 33.7. The first-order valence-corrected chi connectivity index (χ1v) is 20.3. The van der Waals surface area contributed by atoms with Crippen LogP contribution in [0.4, 0.5) is 0 Å². The Labute approximate surface area is 326 Å². The number of rotatable bonds is 4. The van der Waals surface area contributed by atoms with Crippen LogP contribution in [0.5, 0.6) is 0 Å². The van der Waals surface area contributed by atoms with Crippen LogP contribution in [-0.2, 0) is 0 Å². The highest BCUT2D eigenvalue weighted by Crippen LogP contribution is 2.68. The summed E-state index contributed by atoms with van der Waals surface area (Å²) >= 11 is 0. The average Bonchev–Trinajstić information content (AvgIpc) is 3.88. The van der Waals surface area contributed by atoms with Gasteiger partial charge in [0.05, 0.1) is 0 Å². The van der Waals surface area contributed by atoms with Gasteiger partial charge in [0.2, 0.25) is 0 Å². The molecule has 0 saturated heterocycles.